The predicted octanol–water partition coefficient (Wildman–Crippen LogP) is 6.60. The Balaban J connectivity index is 2.38. The van der Waals surface area contributed by atoms with Gasteiger partial charge in [0, 0.05) is 16.9 Å². The van der Waals surface area contributed by atoms with Gasteiger partial charge < -0.3 is 5.11 Å². The molecule has 0 saturated carbocycles. The van der Waals surface area contributed by atoms with Crippen molar-refractivity contribution in [2.75, 3.05) is 0 Å². The van der Waals surface area contributed by atoms with Gasteiger partial charge in [-0.2, -0.15) is 0 Å². The van der Waals surface area contributed by atoms with Gasteiger partial charge in [0.2, 0.25) is 0 Å². The fourth-order valence-corrected chi connectivity index (χ4v) is 3.77. The Morgan fingerprint density at radius 3 is 1.84 bits per heavy atom. The van der Waals surface area contributed by atoms with Crippen LogP contribution in [0.25, 0.3) is 0 Å². The van der Waals surface area contributed by atoms with Crippen LogP contribution in [0.3, 0.4) is 0 Å². The molecule has 0 aromatic heterocycles. The minimum Gasteiger partial charge on any atom is -0.507 e. The summed E-state index contributed by atoms with van der Waals surface area (Å²) in [6, 6.07) is 14.5. The van der Waals surface area contributed by atoms with Crippen LogP contribution in [0.5, 0.6) is 5.75 Å². The maximum Gasteiger partial charge on any atom is 0.123 e. The molecule has 134 valence electrons. The Kier molecular flexibility index (Phi) is 6.01. The summed E-state index contributed by atoms with van der Waals surface area (Å²) in [6.45, 7) is 12.7. The van der Waals surface area contributed by atoms with E-state index in [9.17, 15) is 5.11 Å². The van der Waals surface area contributed by atoms with Crippen molar-refractivity contribution in [3.8, 4) is 5.75 Å². The fraction of sp³-hybridized carbons (Fsp3) is 0.409. The molecule has 0 atom stereocenters. The Bertz CT molecular complexity index is 715. The normalized spacial score (nSPS) is 12.2. The van der Waals surface area contributed by atoms with Crippen LogP contribution in [0.15, 0.2) is 42.5 Å². The molecule has 25 heavy (non-hydrogen) atoms. The van der Waals surface area contributed by atoms with Gasteiger partial charge in [0.1, 0.15) is 5.75 Å². The molecule has 0 amide bonds. The van der Waals surface area contributed by atoms with Gasteiger partial charge in [-0.25, -0.2) is 0 Å². The summed E-state index contributed by atoms with van der Waals surface area (Å²) in [5.74, 6) is 1.26. The van der Waals surface area contributed by atoms with Crippen LogP contribution in [0.1, 0.15) is 63.8 Å². The second-order valence-electron chi connectivity index (χ2n) is 8.48. The van der Waals surface area contributed by atoms with Gasteiger partial charge in [0.15, 0.2) is 0 Å². The molecule has 2 aromatic carbocycles. The number of rotatable bonds is 3. The number of hydrogen-bond donors (Lipinski definition) is 1. The van der Waals surface area contributed by atoms with Crippen LogP contribution in [0.2, 0.25) is 0 Å². The molecule has 0 fully saturated rings. The summed E-state index contributed by atoms with van der Waals surface area (Å²) in [4.78, 5) is 0. The molecule has 1 nitrogen and oxygen atoms in total. The first kappa shape index (κ1) is 20.0. The summed E-state index contributed by atoms with van der Waals surface area (Å²) < 4.78 is 0.875. The second-order valence-corrected chi connectivity index (χ2v) is 10.1. The van der Waals surface area contributed by atoms with Crippen LogP contribution < -0.4 is 0 Å². The zero-order valence-electron chi connectivity index (χ0n) is 16.0. The van der Waals surface area contributed by atoms with Crippen molar-refractivity contribution < 1.29 is 5.11 Å². The number of hydrogen-bond acceptors (Lipinski definition) is 3. The highest BCUT2D eigenvalue weighted by Gasteiger charge is 2.27. The zero-order chi connectivity index (χ0) is 18.8. The smallest absolute Gasteiger partial charge is 0.123 e. The van der Waals surface area contributed by atoms with Gasteiger partial charge >= 0.3 is 0 Å². The first-order valence-corrected chi connectivity index (χ1v) is 9.98. The number of thiocarbonyl (C=S) groups is 1. The average Bonchev–Trinajstić information content (AvgIpc) is 2.51. The molecule has 0 bridgehead atoms. The standard InChI is InChI=1S/C22H28OS2/c1-21(2,3)17-12-16(13-18(19(17)23)22(4,5)6)20(24)25-14-15-10-8-7-9-11-15/h7-13,23H,14H2,1-6H3. The third-order valence-electron chi connectivity index (χ3n) is 4.17. The van der Waals surface area contributed by atoms with Crippen LogP contribution in [0, 0.1) is 0 Å². The largest absolute Gasteiger partial charge is 0.507 e. The lowest BCUT2D eigenvalue weighted by atomic mass is 9.78. The highest BCUT2D eigenvalue weighted by Crippen LogP contribution is 2.40. The quantitative estimate of drug-likeness (QED) is 0.613. The molecule has 2 aromatic rings. The summed E-state index contributed by atoms with van der Waals surface area (Å²) in [6.07, 6.45) is 0. The summed E-state index contributed by atoms with van der Waals surface area (Å²) in [7, 11) is 0. The highest BCUT2D eigenvalue weighted by molar-refractivity contribution is 8.23. The van der Waals surface area contributed by atoms with Crippen molar-refractivity contribution in [3.63, 3.8) is 0 Å². The number of thioether (sulfide) groups is 1. The number of benzene rings is 2. The molecule has 0 aliphatic rings. The molecule has 0 unspecified atom stereocenters. The lowest BCUT2D eigenvalue weighted by Crippen LogP contribution is -2.18. The first-order chi connectivity index (χ1) is 11.5. The second kappa shape index (κ2) is 7.51. The SMILES string of the molecule is CC(C)(C)c1cc(C(=S)SCc2ccccc2)cc(C(C)(C)C)c1O. The monoisotopic (exact) mass is 372 g/mol. The van der Waals surface area contributed by atoms with Crippen LogP contribution in [0.4, 0.5) is 0 Å². The lowest BCUT2D eigenvalue weighted by molar-refractivity contribution is 0.423. The lowest BCUT2D eigenvalue weighted by Gasteiger charge is -2.28. The van der Waals surface area contributed by atoms with E-state index in [2.05, 4.69) is 77.9 Å². The number of phenols is 1. The van der Waals surface area contributed by atoms with Crippen molar-refractivity contribution in [2.24, 2.45) is 0 Å². The van der Waals surface area contributed by atoms with E-state index in [-0.39, 0.29) is 10.8 Å². The maximum absolute atomic E-state index is 10.8. The van der Waals surface area contributed by atoms with Crippen molar-refractivity contribution in [1.82, 2.24) is 0 Å². The molecule has 3 heteroatoms. The molecule has 0 aliphatic heterocycles. The van der Waals surface area contributed by atoms with Crippen LogP contribution >= 0.6 is 24.0 Å². The van der Waals surface area contributed by atoms with Crippen LogP contribution in [-0.4, -0.2) is 9.30 Å². The molecule has 2 rings (SSSR count). The number of aromatic hydroxyl groups is 1. The molecule has 0 saturated heterocycles. The minimum absolute atomic E-state index is 0.139. The minimum atomic E-state index is -0.139. The maximum atomic E-state index is 10.8. The van der Waals surface area contributed by atoms with Gasteiger partial charge in [-0.3, -0.25) is 0 Å². The van der Waals surface area contributed by atoms with Crippen molar-refractivity contribution in [3.05, 3.63) is 64.7 Å². The predicted molar refractivity (Wildman–Crippen MR) is 115 cm³/mol. The Hall–Kier alpha value is -1.32. The van der Waals surface area contributed by atoms with E-state index in [0.717, 1.165) is 26.6 Å². The van der Waals surface area contributed by atoms with Crippen molar-refractivity contribution >= 4 is 28.2 Å². The van der Waals surface area contributed by atoms with Gasteiger partial charge in [-0.1, -0.05) is 84.1 Å². The van der Waals surface area contributed by atoms with Crippen LogP contribution in [-0.2, 0) is 16.6 Å². The van der Waals surface area contributed by atoms with E-state index in [1.807, 2.05) is 6.07 Å². The third kappa shape index (κ3) is 5.08. The molecular weight excluding hydrogens is 344 g/mol. The molecule has 0 aliphatic carbocycles. The third-order valence-corrected chi connectivity index (χ3v) is 5.74. The van der Waals surface area contributed by atoms with Crippen molar-refractivity contribution in [2.45, 2.75) is 58.1 Å². The summed E-state index contributed by atoms with van der Waals surface area (Å²) in [5.41, 5.74) is 3.93. The van der Waals surface area contributed by atoms with Gasteiger partial charge in [-0.15, -0.1) is 11.8 Å². The average molecular weight is 373 g/mol. The van der Waals surface area contributed by atoms with E-state index in [0.29, 0.717) is 5.75 Å². The van der Waals surface area contributed by atoms with E-state index in [1.165, 1.54) is 5.56 Å². The molecule has 0 spiro atoms. The zero-order valence-corrected chi connectivity index (χ0v) is 17.6. The van der Waals surface area contributed by atoms with Gasteiger partial charge in [0.25, 0.3) is 0 Å². The Labute approximate surface area is 161 Å². The Morgan fingerprint density at radius 2 is 1.40 bits per heavy atom. The molecule has 1 N–H and O–H groups in total. The van der Waals surface area contributed by atoms with Gasteiger partial charge in [-0.05, 0) is 34.1 Å². The summed E-state index contributed by atoms with van der Waals surface area (Å²) in [5, 5.41) is 10.8. The highest BCUT2D eigenvalue weighted by atomic mass is 32.2. The molecule has 0 heterocycles. The topological polar surface area (TPSA) is 20.2 Å². The van der Waals surface area contributed by atoms with E-state index in [1.54, 1.807) is 11.8 Å². The molecular formula is C22H28OS2. The van der Waals surface area contributed by atoms with Crippen molar-refractivity contribution in [1.29, 1.82) is 0 Å². The summed E-state index contributed by atoms with van der Waals surface area (Å²) >= 11 is 7.39. The Morgan fingerprint density at radius 1 is 0.920 bits per heavy atom. The fourth-order valence-electron chi connectivity index (χ4n) is 2.70. The van der Waals surface area contributed by atoms with Gasteiger partial charge in [0.05, 0.1) is 4.20 Å². The van der Waals surface area contributed by atoms with E-state index >= 15 is 0 Å². The first-order valence-electron chi connectivity index (χ1n) is 8.59. The molecule has 0 radical (unpaired) electrons. The van der Waals surface area contributed by atoms with E-state index < -0.39 is 0 Å². The van der Waals surface area contributed by atoms with E-state index in [4.69, 9.17) is 12.2 Å². The number of phenolic OH excluding ortho intramolecular Hbond substituents is 1.